The number of amides is 2. The van der Waals surface area contributed by atoms with E-state index < -0.39 is 0 Å². The molecule has 1 atom stereocenters. The average Bonchev–Trinajstić information content (AvgIpc) is 2.74. The summed E-state index contributed by atoms with van der Waals surface area (Å²) < 4.78 is 0. The Morgan fingerprint density at radius 3 is 2.67 bits per heavy atom. The topological polar surface area (TPSA) is 49.4 Å². The lowest BCUT2D eigenvalue weighted by molar-refractivity contribution is -0.124. The molecule has 2 amide bonds. The van der Waals surface area contributed by atoms with Gasteiger partial charge in [0.2, 0.25) is 11.8 Å². The number of carbonyl (C=O) groups is 2. The standard InChI is InChI=1S/C14H18N2O2/c1-9-4-5-12(10(2)6-9)16(3)14(18)11-7-13(17)15-8-11/h4-6,11H,7-8H2,1-3H3,(H,15,17). The lowest BCUT2D eigenvalue weighted by Gasteiger charge is -2.22. The van der Waals surface area contributed by atoms with Crippen molar-refractivity contribution in [1.82, 2.24) is 5.32 Å². The summed E-state index contributed by atoms with van der Waals surface area (Å²) in [6.07, 6.45) is 0.300. The van der Waals surface area contributed by atoms with Crippen LogP contribution in [0.15, 0.2) is 18.2 Å². The Labute approximate surface area is 107 Å². The fraction of sp³-hybridized carbons (Fsp3) is 0.429. The molecule has 4 nitrogen and oxygen atoms in total. The van der Waals surface area contributed by atoms with Crippen molar-refractivity contribution in [2.75, 3.05) is 18.5 Å². The number of rotatable bonds is 2. The first-order valence-corrected chi connectivity index (χ1v) is 6.10. The Hall–Kier alpha value is -1.84. The van der Waals surface area contributed by atoms with E-state index in [4.69, 9.17) is 0 Å². The highest BCUT2D eigenvalue weighted by Crippen LogP contribution is 2.23. The Kier molecular flexibility index (Phi) is 3.36. The van der Waals surface area contributed by atoms with Gasteiger partial charge in [-0.2, -0.15) is 0 Å². The van der Waals surface area contributed by atoms with Gasteiger partial charge in [-0.15, -0.1) is 0 Å². The molecule has 0 aromatic heterocycles. The van der Waals surface area contributed by atoms with E-state index in [-0.39, 0.29) is 17.7 Å². The zero-order valence-electron chi connectivity index (χ0n) is 11.0. The van der Waals surface area contributed by atoms with Gasteiger partial charge >= 0.3 is 0 Å². The van der Waals surface area contributed by atoms with Crippen molar-refractivity contribution in [3.8, 4) is 0 Å². The van der Waals surface area contributed by atoms with Crippen LogP contribution in [0.3, 0.4) is 0 Å². The van der Waals surface area contributed by atoms with Gasteiger partial charge in [-0.3, -0.25) is 9.59 Å². The second kappa shape index (κ2) is 4.80. The van der Waals surface area contributed by atoms with Gasteiger partial charge in [0.25, 0.3) is 0 Å². The Morgan fingerprint density at radius 2 is 2.11 bits per heavy atom. The highest BCUT2D eigenvalue weighted by molar-refractivity contribution is 5.99. The number of nitrogens with one attached hydrogen (secondary N) is 1. The van der Waals surface area contributed by atoms with Crippen LogP contribution in [-0.2, 0) is 9.59 Å². The van der Waals surface area contributed by atoms with E-state index in [1.165, 1.54) is 5.56 Å². The van der Waals surface area contributed by atoms with E-state index in [1.54, 1.807) is 11.9 Å². The molecule has 0 spiro atoms. The first-order valence-electron chi connectivity index (χ1n) is 6.10. The molecule has 0 radical (unpaired) electrons. The minimum absolute atomic E-state index is 0.000281. The molecule has 2 rings (SSSR count). The molecule has 1 aliphatic rings. The van der Waals surface area contributed by atoms with E-state index >= 15 is 0 Å². The van der Waals surface area contributed by atoms with Gasteiger partial charge in [0.05, 0.1) is 5.92 Å². The van der Waals surface area contributed by atoms with Crippen LogP contribution < -0.4 is 10.2 Å². The average molecular weight is 246 g/mol. The second-order valence-electron chi connectivity index (χ2n) is 4.89. The third kappa shape index (κ3) is 2.37. The molecule has 0 aliphatic carbocycles. The molecule has 0 bridgehead atoms. The van der Waals surface area contributed by atoms with Crippen molar-refractivity contribution in [3.05, 3.63) is 29.3 Å². The second-order valence-corrected chi connectivity index (χ2v) is 4.89. The van der Waals surface area contributed by atoms with E-state index in [9.17, 15) is 9.59 Å². The van der Waals surface area contributed by atoms with Gasteiger partial charge < -0.3 is 10.2 Å². The minimum atomic E-state index is -0.233. The predicted molar refractivity (Wildman–Crippen MR) is 70.4 cm³/mol. The van der Waals surface area contributed by atoms with Gasteiger partial charge in [-0.1, -0.05) is 17.7 Å². The lowest BCUT2D eigenvalue weighted by atomic mass is 10.1. The molecule has 1 N–H and O–H groups in total. The summed E-state index contributed by atoms with van der Waals surface area (Å²) in [6, 6.07) is 5.99. The maximum absolute atomic E-state index is 12.3. The summed E-state index contributed by atoms with van der Waals surface area (Å²) >= 11 is 0. The van der Waals surface area contributed by atoms with Crippen LogP contribution >= 0.6 is 0 Å². The fourth-order valence-electron chi connectivity index (χ4n) is 2.35. The number of aryl methyl sites for hydroxylation is 2. The molecule has 18 heavy (non-hydrogen) atoms. The molecule has 1 heterocycles. The fourth-order valence-corrected chi connectivity index (χ4v) is 2.35. The Balaban J connectivity index is 2.17. The van der Waals surface area contributed by atoms with Gasteiger partial charge in [0.1, 0.15) is 0 Å². The van der Waals surface area contributed by atoms with Gasteiger partial charge in [0, 0.05) is 25.7 Å². The Morgan fingerprint density at radius 1 is 1.39 bits per heavy atom. The molecule has 1 unspecified atom stereocenters. The number of nitrogens with zero attached hydrogens (tertiary/aromatic N) is 1. The maximum atomic E-state index is 12.3. The summed E-state index contributed by atoms with van der Waals surface area (Å²) in [6.45, 7) is 4.47. The van der Waals surface area contributed by atoms with E-state index in [2.05, 4.69) is 11.4 Å². The van der Waals surface area contributed by atoms with Gasteiger partial charge in [-0.25, -0.2) is 0 Å². The predicted octanol–water partition coefficient (Wildman–Crippen LogP) is 1.40. The molecular weight excluding hydrogens is 228 g/mol. The Bertz CT molecular complexity index is 497. The summed E-state index contributed by atoms with van der Waals surface area (Å²) in [4.78, 5) is 25.1. The van der Waals surface area contributed by atoms with Crippen molar-refractivity contribution in [2.24, 2.45) is 5.92 Å². The highest BCUT2D eigenvalue weighted by atomic mass is 16.2. The quantitative estimate of drug-likeness (QED) is 0.857. The van der Waals surface area contributed by atoms with Gasteiger partial charge in [0.15, 0.2) is 0 Å². The molecular formula is C14H18N2O2. The SMILES string of the molecule is Cc1ccc(N(C)C(=O)C2CNC(=O)C2)c(C)c1. The molecule has 4 heteroatoms. The van der Waals surface area contributed by atoms with E-state index in [0.29, 0.717) is 13.0 Å². The monoisotopic (exact) mass is 246 g/mol. The third-order valence-corrected chi connectivity index (χ3v) is 3.37. The number of anilines is 1. The number of hydrogen-bond acceptors (Lipinski definition) is 2. The minimum Gasteiger partial charge on any atom is -0.355 e. The number of carbonyl (C=O) groups excluding carboxylic acids is 2. The van der Waals surface area contributed by atoms with Crippen molar-refractivity contribution in [3.63, 3.8) is 0 Å². The van der Waals surface area contributed by atoms with Crippen LogP contribution in [0.2, 0.25) is 0 Å². The molecule has 96 valence electrons. The first-order chi connectivity index (χ1) is 8.49. The van der Waals surface area contributed by atoms with Crippen molar-refractivity contribution in [1.29, 1.82) is 0 Å². The van der Waals surface area contributed by atoms with E-state index in [0.717, 1.165) is 11.3 Å². The number of benzene rings is 1. The van der Waals surface area contributed by atoms with Crippen molar-refractivity contribution < 1.29 is 9.59 Å². The molecule has 1 aromatic rings. The first kappa shape index (κ1) is 12.6. The van der Waals surface area contributed by atoms with E-state index in [1.807, 2.05) is 26.0 Å². The zero-order chi connectivity index (χ0) is 13.3. The van der Waals surface area contributed by atoms with Crippen molar-refractivity contribution >= 4 is 17.5 Å². The summed E-state index contributed by atoms with van der Waals surface area (Å²) in [5.41, 5.74) is 3.16. The third-order valence-electron chi connectivity index (χ3n) is 3.37. The normalized spacial score (nSPS) is 18.6. The highest BCUT2D eigenvalue weighted by Gasteiger charge is 2.30. The van der Waals surface area contributed by atoms with Gasteiger partial charge in [-0.05, 0) is 25.5 Å². The summed E-state index contributed by atoms with van der Waals surface area (Å²) in [5.74, 6) is -0.272. The largest absolute Gasteiger partial charge is 0.355 e. The number of hydrogen-bond donors (Lipinski definition) is 1. The molecule has 1 fully saturated rings. The van der Waals surface area contributed by atoms with Crippen LogP contribution in [0.5, 0.6) is 0 Å². The van der Waals surface area contributed by atoms with Crippen LogP contribution in [0.25, 0.3) is 0 Å². The molecule has 1 aliphatic heterocycles. The summed E-state index contributed by atoms with van der Waals surface area (Å²) in [5, 5.41) is 2.69. The summed E-state index contributed by atoms with van der Waals surface area (Å²) in [7, 11) is 1.77. The van der Waals surface area contributed by atoms with Crippen LogP contribution in [0, 0.1) is 19.8 Å². The smallest absolute Gasteiger partial charge is 0.232 e. The van der Waals surface area contributed by atoms with Crippen LogP contribution in [0.1, 0.15) is 17.5 Å². The molecule has 1 aromatic carbocycles. The zero-order valence-corrected chi connectivity index (χ0v) is 11.0. The van der Waals surface area contributed by atoms with Crippen LogP contribution in [-0.4, -0.2) is 25.4 Å². The van der Waals surface area contributed by atoms with Crippen LogP contribution in [0.4, 0.5) is 5.69 Å². The molecule has 0 saturated carbocycles. The maximum Gasteiger partial charge on any atom is 0.232 e. The lowest BCUT2D eigenvalue weighted by Crippen LogP contribution is -2.34. The van der Waals surface area contributed by atoms with Crippen molar-refractivity contribution in [2.45, 2.75) is 20.3 Å². The molecule has 1 saturated heterocycles.